The van der Waals surface area contributed by atoms with Crippen molar-refractivity contribution in [1.82, 2.24) is 15.1 Å². The number of carbonyl (C=O) groups is 1. The Morgan fingerprint density at radius 3 is 2.60 bits per heavy atom. The molecule has 1 amide bonds. The van der Waals surface area contributed by atoms with E-state index in [1.165, 1.54) is 12.8 Å². The van der Waals surface area contributed by atoms with Crippen LogP contribution in [0.2, 0.25) is 0 Å². The van der Waals surface area contributed by atoms with Crippen molar-refractivity contribution in [2.45, 2.75) is 31.8 Å². The van der Waals surface area contributed by atoms with E-state index in [1.807, 2.05) is 35.2 Å². The van der Waals surface area contributed by atoms with E-state index in [0.29, 0.717) is 11.8 Å². The van der Waals surface area contributed by atoms with Gasteiger partial charge in [-0.2, -0.15) is 0 Å². The molecule has 2 N–H and O–H groups in total. The zero-order valence-electron chi connectivity index (χ0n) is 15.1. The minimum atomic E-state index is -0.395. The Morgan fingerprint density at radius 1 is 1.16 bits per heavy atom. The normalized spacial score (nSPS) is 21.0. The number of aliphatic hydroxyl groups excluding tert-OH is 1. The molecule has 5 heteroatoms. The van der Waals surface area contributed by atoms with Crippen molar-refractivity contribution in [2.24, 2.45) is 5.92 Å². The fourth-order valence-electron chi connectivity index (χ4n) is 3.86. The number of hydrogen-bond donors (Lipinski definition) is 2. The number of amides is 1. The molecule has 0 aliphatic carbocycles. The van der Waals surface area contributed by atoms with Crippen LogP contribution in [0.3, 0.4) is 0 Å². The number of benzene rings is 1. The van der Waals surface area contributed by atoms with Gasteiger partial charge in [-0.05, 0) is 50.4 Å². The predicted molar refractivity (Wildman–Crippen MR) is 99.2 cm³/mol. The molecule has 0 radical (unpaired) electrons. The van der Waals surface area contributed by atoms with Crippen molar-refractivity contribution in [3.8, 4) is 0 Å². The number of β-amino-alcohol motifs (C(OH)–C–C–N with tert-alkyl or cyclic N) is 1. The van der Waals surface area contributed by atoms with E-state index in [9.17, 15) is 9.90 Å². The van der Waals surface area contributed by atoms with Gasteiger partial charge in [0.25, 0.3) is 0 Å². The average molecular weight is 345 g/mol. The van der Waals surface area contributed by atoms with Gasteiger partial charge < -0.3 is 20.2 Å². The smallest absolute Gasteiger partial charge is 0.222 e. The van der Waals surface area contributed by atoms with Gasteiger partial charge in [-0.1, -0.05) is 30.3 Å². The highest BCUT2D eigenvalue weighted by Crippen LogP contribution is 2.20. The number of nitrogens with one attached hydrogen (secondary N) is 1. The second-order valence-electron chi connectivity index (χ2n) is 7.36. The number of rotatable bonds is 8. The first-order valence-corrected chi connectivity index (χ1v) is 9.66. The van der Waals surface area contributed by atoms with Gasteiger partial charge in [0.15, 0.2) is 0 Å². The lowest BCUT2D eigenvalue weighted by Crippen LogP contribution is -2.40. The number of hydrogen-bond acceptors (Lipinski definition) is 4. The van der Waals surface area contributed by atoms with Gasteiger partial charge in [0.05, 0.1) is 6.10 Å². The summed E-state index contributed by atoms with van der Waals surface area (Å²) in [6.45, 7) is 6.56. The van der Waals surface area contributed by atoms with Crippen LogP contribution in [0.5, 0.6) is 0 Å². The van der Waals surface area contributed by atoms with Crippen molar-refractivity contribution in [3.05, 3.63) is 35.9 Å². The quantitative estimate of drug-likeness (QED) is 0.704. The van der Waals surface area contributed by atoms with Crippen molar-refractivity contribution >= 4 is 5.91 Å². The summed E-state index contributed by atoms with van der Waals surface area (Å²) in [5.74, 6) is 1.02. The van der Waals surface area contributed by atoms with Crippen LogP contribution < -0.4 is 5.32 Å². The molecule has 2 heterocycles. The van der Waals surface area contributed by atoms with Crippen molar-refractivity contribution in [1.29, 1.82) is 0 Å². The third-order valence-corrected chi connectivity index (χ3v) is 5.49. The highest BCUT2D eigenvalue weighted by Gasteiger charge is 2.22. The number of likely N-dealkylation sites (tertiary alicyclic amines) is 2. The van der Waals surface area contributed by atoms with Gasteiger partial charge in [-0.3, -0.25) is 4.79 Å². The Labute approximate surface area is 151 Å². The van der Waals surface area contributed by atoms with Gasteiger partial charge in [-0.25, -0.2) is 0 Å². The molecule has 0 saturated carbocycles. The van der Waals surface area contributed by atoms with E-state index in [-0.39, 0.29) is 0 Å². The molecule has 2 fully saturated rings. The summed E-state index contributed by atoms with van der Waals surface area (Å²) in [5.41, 5.74) is 1.00. The molecule has 1 atom stereocenters. The number of aliphatic hydroxyl groups is 1. The average Bonchev–Trinajstić information content (AvgIpc) is 3.06. The van der Waals surface area contributed by atoms with Gasteiger partial charge in [0.2, 0.25) is 5.91 Å². The van der Waals surface area contributed by atoms with Crippen LogP contribution in [0.1, 0.15) is 37.4 Å². The maximum absolute atomic E-state index is 11.6. The van der Waals surface area contributed by atoms with E-state index in [2.05, 4.69) is 10.2 Å². The minimum absolute atomic E-state index is 0.312. The zero-order valence-corrected chi connectivity index (χ0v) is 15.1. The molecule has 0 bridgehead atoms. The largest absolute Gasteiger partial charge is 0.387 e. The second kappa shape index (κ2) is 9.32. The predicted octanol–water partition coefficient (Wildman–Crippen LogP) is 1.64. The molecule has 0 aromatic heterocycles. The molecule has 5 nitrogen and oxygen atoms in total. The topological polar surface area (TPSA) is 55.8 Å². The first-order chi connectivity index (χ1) is 12.2. The molecule has 2 aliphatic rings. The van der Waals surface area contributed by atoms with Gasteiger partial charge in [0.1, 0.15) is 0 Å². The third-order valence-electron chi connectivity index (χ3n) is 5.49. The lowest BCUT2D eigenvalue weighted by Gasteiger charge is -2.33. The number of nitrogens with zero attached hydrogens (tertiary/aromatic N) is 2. The maximum atomic E-state index is 11.6. The summed E-state index contributed by atoms with van der Waals surface area (Å²) in [6.07, 6.45) is 3.71. The van der Waals surface area contributed by atoms with E-state index in [0.717, 1.165) is 64.2 Å². The SMILES string of the molecule is O=C1CCCN1CCNCC1CCN(CC(O)c2ccccc2)CC1. The van der Waals surface area contributed by atoms with Crippen LogP contribution in [-0.2, 0) is 4.79 Å². The first kappa shape index (κ1) is 18.4. The molecule has 1 aromatic rings. The van der Waals surface area contributed by atoms with E-state index < -0.39 is 6.10 Å². The second-order valence-corrected chi connectivity index (χ2v) is 7.36. The summed E-state index contributed by atoms with van der Waals surface area (Å²) in [4.78, 5) is 15.9. The summed E-state index contributed by atoms with van der Waals surface area (Å²) >= 11 is 0. The van der Waals surface area contributed by atoms with Crippen LogP contribution in [0.15, 0.2) is 30.3 Å². The maximum Gasteiger partial charge on any atom is 0.222 e. The summed E-state index contributed by atoms with van der Waals surface area (Å²) < 4.78 is 0. The molecular weight excluding hydrogens is 314 g/mol. The lowest BCUT2D eigenvalue weighted by molar-refractivity contribution is -0.127. The lowest BCUT2D eigenvalue weighted by atomic mass is 9.96. The first-order valence-electron chi connectivity index (χ1n) is 9.66. The molecule has 3 rings (SSSR count). The van der Waals surface area contributed by atoms with Crippen molar-refractivity contribution < 1.29 is 9.90 Å². The van der Waals surface area contributed by atoms with Crippen molar-refractivity contribution in [2.75, 3.05) is 45.8 Å². The summed E-state index contributed by atoms with van der Waals surface area (Å²) in [5, 5.41) is 13.9. The summed E-state index contributed by atoms with van der Waals surface area (Å²) in [6, 6.07) is 9.92. The minimum Gasteiger partial charge on any atom is -0.387 e. The molecule has 138 valence electrons. The molecule has 1 unspecified atom stereocenters. The molecule has 2 saturated heterocycles. The zero-order chi connectivity index (χ0) is 17.5. The molecular formula is C20H31N3O2. The van der Waals surface area contributed by atoms with Crippen molar-refractivity contribution in [3.63, 3.8) is 0 Å². The van der Waals surface area contributed by atoms with Crippen LogP contribution in [-0.4, -0.2) is 66.6 Å². The fourth-order valence-corrected chi connectivity index (χ4v) is 3.86. The molecule has 2 aliphatic heterocycles. The Hall–Kier alpha value is -1.43. The standard InChI is InChI=1S/C20H31N3O2/c24-19(18-5-2-1-3-6-18)16-22-12-8-17(9-13-22)15-21-10-14-23-11-4-7-20(23)25/h1-3,5-6,17,19,21,24H,4,7-16H2. The monoisotopic (exact) mass is 345 g/mol. The molecule has 25 heavy (non-hydrogen) atoms. The Balaban J connectivity index is 1.29. The van der Waals surface area contributed by atoms with E-state index >= 15 is 0 Å². The van der Waals surface area contributed by atoms with E-state index in [1.54, 1.807) is 0 Å². The third kappa shape index (κ3) is 5.53. The molecule has 1 aromatic carbocycles. The Bertz CT molecular complexity index is 529. The van der Waals surface area contributed by atoms with E-state index in [4.69, 9.17) is 0 Å². The Kier molecular flexibility index (Phi) is 6.84. The van der Waals surface area contributed by atoms with Gasteiger partial charge >= 0.3 is 0 Å². The highest BCUT2D eigenvalue weighted by atomic mass is 16.3. The van der Waals surface area contributed by atoms with Crippen LogP contribution >= 0.6 is 0 Å². The fraction of sp³-hybridized carbons (Fsp3) is 0.650. The van der Waals surface area contributed by atoms with Crippen LogP contribution in [0.25, 0.3) is 0 Å². The van der Waals surface area contributed by atoms with Gasteiger partial charge in [0, 0.05) is 32.6 Å². The van der Waals surface area contributed by atoms with Gasteiger partial charge in [-0.15, -0.1) is 0 Å². The van der Waals surface area contributed by atoms with Crippen LogP contribution in [0.4, 0.5) is 0 Å². The van der Waals surface area contributed by atoms with Crippen LogP contribution in [0, 0.1) is 5.92 Å². The highest BCUT2D eigenvalue weighted by molar-refractivity contribution is 5.78. The Morgan fingerprint density at radius 2 is 1.92 bits per heavy atom. The number of carbonyl (C=O) groups excluding carboxylic acids is 1. The molecule has 0 spiro atoms. The summed E-state index contributed by atoms with van der Waals surface area (Å²) in [7, 11) is 0. The number of piperidine rings is 1.